The van der Waals surface area contributed by atoms with E-state index >= 15 is 0 Å². The summed E-state index contributed by atoms with van der Waals surface area (Å²) >= 11 is 0. The number of hydrogen-bond donors (Lipinski definition) is 1. The van der Waals surface area contributed by atoms with Crippen LogP contribution in [0.5, 0.6) is 0 Å². The number of aromatic amines is 1. The number of piperazine rings is 1. The van der Waals surface area contributed by atoms with E-state index in [2.05, 4.69) is 19.9 Å². The molecule has 0 saturated carbocycles. The molecule has 3 heterocycles. The van der Waals surface area contributed by atoms with Gasteiger partial charge in [-0.2, -0.15) is 4.98 Å². The van der Waals surface area contributed by atoms with Crippen molar-refractivity contribution in [1.82, 2.24) is 19.5 Å². The normalized spacial score (nSPS) is 14.7. The van der Waals surface area contributed by atoms with Gasteiger partial charge in [-0.3, -0.25) is 14.3 Å². The molecule has 0 unspecified atom stereocenters. The van der Waals surface area contributed by atoms with Crippen LogP contribution in [0.15, 0.2) is 21.7 Å². The van der Waals surface area contributed by atoms with E-state index in [0.29, 0.717) is 37.9 Å². The highest BCUT2D eigenvalue weighted by molar-refractivity contribution is 5.46. The lowest BCUT2D eigenvalue weighted by Gasteiger charge is -2.35. The number of aryl methyl sites for hydroxylation is 1. The van der Waals surface area contributed by atoms with Crippen LogP contribution in [0.2, 0.25) is 0 Å². The van der Waals surface area contributed by atoms with E-state index in [0.717, 1.165) is 16.1 Å². The van der Waals surface area contributed by atoms with Gasteiger partial charge in [0.2, 0.25) is 5.95 Å². The molecule has 1 aliphatic heterocycles. The molecule has 0 radical (unpaired) electrons. The van der Waals surface area contributed by atoms with E-state index in [9.17, 15) is 9.59 Å². The van der Waals surface area contributed by atoms with Crippen molar-refractivity contribution in [3.63, 3.8) is 0 Å². The van der Waals surface area contributed by atoms with Crippen molar-refractivity contribution in [2.24, 2.45) is 7.05 Å². The van der Waals surface area contributed by atoms with Gasteiger partial charge in [-0.15, -0.1) is 0 Å². The summed E-state index contributed by atoms with van der Waals surface area (Å²) in [6.45, 7) is 4.75. The number of nitrogens with zero attached hydrogens (tertiary/aromatic N) is 6. The Morgan fingerprint density at radius 3 is 2.28 bits per heavy atom. The molecule has 0 spiro atoms. The summed E-state index contributed by atoms with van der Waals surface area (Å²) in [7, 11) is 5.37. The largest absolute Gasteiger partial charge is 0.363 e. The molecule has 1 fully saturated rings. The third-order valence-electron chi connectivity index (χ3n) is 4.32. The molecule has 0 aromatic carbocycles. The van der Waals surface area contributed by atoms with Crippen molar-refractivity contribution in [2.75, 3.05) is 55.0 Å². The van der Waals surface area contributed by atoms with Crippen LogP contribution in [-0.2, 0) is 7.05 Å². The quantitative estimate of drug-likeness (QED) is 0.807. The first-order chi connectivity index (χ1) is 11.8. The molecule has 9 nitrogen and oxygen atoms in total. The summed E-state index contributed by atoms with van der Waals surface area (Å²) in [4.78, 5) is 41.6. The van der Waals surface area contributed by atoms with E-state index in [4.69, 9.17) is 0 Å². The Morgan fingerprint density at radius 2 is 1.68 bits per heavy atom. The molecule has 134 valence electrons. The fourth-order valence-corrected chi connectivity index (χ4v) is 2.77. The highest BCUT2D eigenvalue weighted by Crippen LogP contribution is 2.18. The Hall–Kier alpha value is -2.84. The van der Waals surface area contributed by atoms with Crippen molar-refractivity contribution in [2.45, 2.75) is 6.92 Å². The average molecular weight is 345 g/mol. The molecule has 2 aromatic rings. The fraction of sp³-hybridized carbons (Fsp3) is 0.500. The van der Waals surface area contributed by atoms with Crippen LogP contribution in [-0.4, -0.2) is 59.8 Å². The second kappa shape index (κ2) is 6.58. The maximum atomic E-state index is 11.8. The predicted molar refractivity (Wildman–Crippen MR) is 97.8 cm³/mol. The Kier molecular flexibility index (Phi) is 4.47. The van der Waals surface area contributed by atoms with Crippen LogP contribution in [0.25, 0.3) is 0 Å². The second-order valence-corrected chi connectivity index (χ2v) is 6.39. The minimum atomic E-state index is -0.400. The number of H-pyrrole nitrogens is 1. The van der Waals surface area contributed by atoms with Crippen LogP contribution in [0.1, 0.15) is 5.69 Å². The lowest BCUT2D eigenvalue weighted by molar-refractivity contribution is 0.627. The summed E-state index contributed by atoms with van der Waals surface area (Å²) < 4.78 is 1.06. The molecule has 1 aliphatic rings. The van der Waals surface area contributed by atoms with Crippen molar-refractivity contribution < 1.29 is 0 Å². The molecule has 0 amide bonds. The summed E-state index contributed by atoms with van der Waals surface area (Å²) in [6, 6.07) is 3.41. The number of rotatable bonds is 3. The number of anilines is 3. The van der Waals surface area contributed by atoms with Crippen LogP contribution >= 0.6 is 0 Å². The first kappa shape index (κ1) is 17.0. The summed E-state index contributed by atoms with van der Waals surface area (Å²) in [5.41, 5.74) is 0.216. The Balaban J connectivity index is 1.76. The SMILES string of the molecule is Cc1cc(N(C)C)nc(N2CCN(c3cc(=O)n(C)c(=O)[nH]3)CC2)n1. The molecule has 0 atom stereocenters. The summed E-state index contributed by atoms with van der Waals surface area (Å²) in [5.74, 6) is 2.15. The van der Waals surface area contributed by atoms with E-state index in [1.54, 1.807) is 0 Å². The highest BCUT2D eigenvalue weighted by Gasteiger charge is 2.21. The maximum absolute atomic E-state index is 11.8. The first-order valence-electron chi connectivity index (χ1n) is 8.18. The molecule has 9 heteroatoms. The van der Waals surface area contributed by atoms with Gasteiger partial charge in [0.05, 0.1) is 0 Å². The molecular weight excluding hydrogens is 322 g/mol. The van der Waals surface area contributed by atoms with Gasteiger partial charge in [0.1, 0.15) is 11.6 Å². The third kappa shape index (κ3) is 3.49. The summed E-state index contributed by atoms with van der Waals surface area (Å²) in [6.07, 6.45) is 0. The minimum absolute atomic E-state index is 0.307. The average Bonchev–Trinajstić information content (AvgIpc) is 2.58. The van der Waals surface area contributed by atoms with E-state index < -0.39 is 5.69 Å². The molecule has 25 heavy (non-hydrogen) atoms. The number of aromatic nitrogens is 4. The van der Waals surface area contributed by atoms with E-state index in [-0.39, 0.29) is 5.56 Å². The van der Waals surface area contributed by atoms with Crippen molar-refractivity contribution in [3.8, 4) is 0 Å². The Labute approximate surface area is 145 Å². The standard InChI is InChI=1S/C16H23N7O2/c1-11-9-12(20(2)3)18-15(17-11)23-7-5-22(6-8-23)13-10-14(24)21(4)16(25)19-13/h9-10H,5-8H2,1-4H3,(H,19,25). The maximum Gasteiger partial charge on any atom is 0.329 e. The Morgan fingerprint density at radius 1 is 1.04 bits per heavy atom. The third-order valence-corrected chi connectivity index (χ3v) is 4.32. The van der Waals surface area contributed by atoms with E-state index in [1.165, 1.54) is 13.1 Å². The zero-order valence-electron chi connectivity index (χ0n) is 15.0. The zero-order chi connectivity index (χ0) is 18.1. The van der Waals surface area contributed by atoms with Crippen LogP contribution < -0.4 is 25.9 Å². The fourth-order valence-electron chi connectivity index (χ4n) is 2.77. The smallest absolute Gasteiger partial charge is 0.329 e. The van der Waals surface area contributed by atoms with Crippen molar-refractivity contribution in [3.05, 3.63) is 38.7 Å². The van der Waals surface area contributed by atoms with Crippen LogP contribution in [0.4, 0.5) is 17.6 Å². The molecule has 1 N–H and O–H groups in total. The van der Waals surface area contributed by atoms with Gasteiger partial charge in [0.25, 0.3) is 5.56 Å². The van der Waals surface area contributed by atoms with Gasteiger partial charge < -0.3 is 14.7 Å². The molecule has 2 aromatic heterocycles. The molecule has 1 saturated heterocycles. The van der Waals surface area contributed by atoms with Crippen LogP contribution in [0, 0.1) is 6.92 Å². The predicted octanol–water partition coefficient (Wildman–Crippen LogP) is -0.435. The minimum Gasteiger partial charge on any atom is -0.363 e. The van der Waals surface area contributed by atoms with Crippen molar-refractivity contribution >= 4 is 17.6 Å². The van der Waals surface area contributed by atoms with Gasteiger partial charge in [-0.25, -0.2) is 9.78 Å². The van der Waals surface area contributed by atoms with Gasteiger partial charge in [0, 0.05) is 65.1 Å². The lowest BCUT2D eigenvalue weighted by atomic mass is 10.3. The Bertz CT molecular complexity index is 848. The first-order valence-corrected chi connectivity index (χ1v) is 8.18. The van der Waals surface area contributed by atoms with Gasteiger partial charge in [0.15, 0.2) is 0 Å². The molecule has 0 aliphatic carbocycles. The topological polar surface area (TPSA) is 90.4 Å². The van der Waals surface area contributed by atoms with Gasteiger partial charge in [-0.1, -0.05) is 0 Å². The van der Waals surface area contributed by atoms with Gasteiger partial charge >= 0.3 is 5.69 Å². The monoisotopic (exact) mass is 345 g/mol. The number of nitrogens with one attached hydrogen (secondary N) is 1. The lowest BCUT2D eigenvalue weighted by Crippen LogP contribution is -2.48. The molecule has 0 bridgehead atoms. The van der Waals surface area contributed by atoms with Gasteiger partial charge in [-0.05, 0) is 6.92 Å². The zero-order valence-corrected chi connectivity index (χ0v) is 15.0. The van der Waals surface area contributed by atoms with Crippen molar-refractivity contribution in [1.29, 1.82) is 0 Å². The van der Waals surface area contributed by atoms with E-state index in [1.807, 2.05) is 36.9 Å². The molecular formula is C16H23N7O2. The van der Waals surface area contributed by atoms with Crippen LogP contribution in [0.3, 0.4) is 0 Å². The molecule has 3 rings (SSSR count). The second-order valence-electron chi connectivity index (χ2n) is 6.39. The highest BCUT2D eigenvalue weighted by atomic mass is 16.2. The summed E-state index contributed by atoms with van der Waals surface area (Å²) in [5, 5.41) is 0. The number of hydrogen-bond acceptors (Lipinski definition) is 7.